The van der Waals surface area contributed by atoms with E-state index >= 15 is 0 Å². The zero-order valence-corrected chi connectivity index (χ0v) is 8.83. The lowest BCUT2D eigenvalue weighted by Crippen LogP contribution is -2.46. The van der Waals surface area contributed by atoms with E-state index in [0.717, 1.165) is 31.9 Å². The third kappa shape index (κ3) is 2.12. The standard InChI is InChI=1S/C9H15N3OS/c13-5-9(8-6-14-7-11-8)12-3-1-10-2-4-12/h6-7,9-10,13H,1-5H2. The summed E-state index contributed by atoms with van der Waals surface area (Å²) in [5.74, 6) is 0. The summed E-state index contributed by atoms with van der Waals surface area (Å²) in [5, 5.41) is 14.7. The van der Waals surface area contributed by atoms with Crippen LogP contribution in [-0.2, 0) is 0 Å². The summed E-state index contributed by atoms with van der Waals surface area (Å²) in [5.41, 5.74) is 2.82. The fraction of sp³-hybridized carbons (Fsp3) is 0.667. The van der Waals surface area contributed by atoms with Gasteiger partial charge in [0.05, 0.1) is 23.9 Å². The highest BCUT2D eigenvalue weighted by Gasteiger charge is 2.22. The van der Waals surface area contributed by atoms with Crippen LogP contribution in [0.5, 0.6) is 0 Å². The topological polar surface area (TPSA) is 48.4 Å². The molecule has 1 saturated heterocycles. The minimum atomic E-state index is 0.0864. The van der Waals surface area contributed by atoms with Gasteiger partial charge in [0, 0.05) is 31.6 Å². The van der Waals surface area contributed by atoms with Gasteiger partial charge in [-0.25, -0.2) is 4.98 Å². The van der Waals surface area contributed by atoms with Crippen LogP contribution in [-0.4, -0.2) is 47.8 Å². The highest BCUT2D eigenvalue weighted by atomic mass is 32.1. The molecule has 1 aromatic heterocycles. The highest BCUT2D eigenvalue weighted by molar-refractivity contribution is 7.07. The molecule has 0 saturated carbocycles. The number of thiazole rings is 1. The predicted octanol–water partition coefficient (Wildman–Crippen LogP) is 0.0817. The Morgan fingerprint density at radius 2 is 2.36 bits per heavy atom. The van der Waals surface area contributed by atoms with Crippen LogP contribution >= 0.6 is 11.3 Å². The molecule has 4 nitrogen and oxygen atoms in total. The van der Waals surface area contributed by atoms with Crippen molar-refractivity contribution in [3.8, 4) is 0 Å². The van der Waals surface area contributed by atoms with Gasteiger partial charge < -0.3 is 10.4 Å². The third-order valence-electron chi connectivity index (χ3n) is 2.56. The quantitative estimate of drug-likeness (QED) is 0.746. The minimum absolute atomic E-state index is 0.0864. The Hall–Kier alpha value is -0.490. The molecule has 0 amide bonds. The molecular weight excluding hydrogens is 198 g/mol. The zero-order valence-electron chi connectivity index (χ0n) is 8.02. The number of aliphatic hydroxyl groups is 1. The van der Waals surface area contributed by atoms with E-state index in [4.69, 9.17) is 0 Å². The molecule has 0 spiro atoms. The largest absolute Gasteiger partial charge is 0.394 e. The second-order valence-corrected chi connectivity index (χ2v) is 4.12. The van der Waals surface area contributed by atoms with Gasteiger partial charge >= 0.3 is 0 Å². The number of hydrogen-bond donors (Lipinski definition) is 2. The number of piperazine rings is 1. The van der Waals surface area contributed by atoms with E-state index in [1.807, 2.05) is 10.9 Å². The van der Waals surface area contributed by atoms with Crippen molar-refractivity contribution in [2.75, 3.05) is 32.8 Å². The lowest BCUT2D eigenvalue weighted by Gasteiger charge is -2.32. The van der Waals surface area contributed by atoms with E-state index in [1.54, 1.807) is 11.3 Å². The molecule has 5 heteroatoms. The fourth-order valence-electron chi connectivity index (χ4n) is 1.78. The first-order chi connectivity index (χ1) is 6.92. The second kappa shape index (κ2) is 4.84. The second-order valence-electron chi connectivity index (χ2n) is 3.40. The zero-order chi connectivity index (χ0) is 9.80. The van der Waals surface area contributed by atoms with Gasteiger partial charge in [-0.15, -0.1) is 11.3 Å². The van der Waals surface area contributed by atoms with E-state index in [2.05, 4.69) is 15.2 Å². The van der Waals surface area contributed by atoms with Crippen molar-refractivity contribution in [2.24, 2.45) is 0 Å². The molecule has 14 heavy (non-hydrogen) atoms. The van der Waals surface area contributed by atoms with E-state index in [1.165, 1.54) is 0 Å². The van der Waals surface area contributed by atoms with Gasteiger partial charge in [0.2, 0.25) is 0 Å². The molecule has 1 unspecified atom stereocenters. The summed E-state index contributed by atoms with van der Waals surface area (Å²) in [4.78, 5) is 6.54. The molecular formula is C9H15N3OS. The minimum Gasteiger partial charge on any atom is -0.394 e. The first-order valence-electron chi connectivity index (χ1n) is 4.85. The first-order valence-corrected chi connectivity index (χ1v) is 5.80. The van der Waals surface area contributed by atoms with Crippen molar-refractivity contribution in [3.05, 3.63) is 16.6 Å². The molecule has 0 radical (unpaired) electrons. The van der Waals surface area contributed by atoms with Crippen LogP contribution in [0, 0.1) is 0 Å². The van der Waals surface area contributed by atoms with Gasteiger partial charge in [0.15, 0.2) is 0 Å². The fourth-order valence-corrected chi connectivity index (χ4v) is 2.38. The third-order valence-corrected chi connectivity index (χ3v) is 3.16. The van der Waals surface area contributed by atoms with Gasteiger partial charge in [0.25, 0.3) is 0 Å². The van der Waals surface area contributed by atoms with Crippen LogP contribution in [0.3, 0.4) is 0 Å². The maximum atomic E-state index is 9.35. The molecule has 1 aliphatic heterocycles. The summed E-state index contributed by atoms with van der Waals surface area (Å²) < 4.78 is 0. The SMILES string of the molecule is OCC(c1cscn1)N1CCNCC1. The number of hydrogen-bond acceptors (Lipinski definition) is 5. The summed E-state index contributed by atoms with van der Waals surface area (Å²) in [6.45, 7) is 4.14. The monoisotopic (exact) mass is 213 g/mol. The van der Waals surface area contributed by atoms with Crippen molar-refractivity contribution in [3.63, 3.8) is 0 Å². The van der Waals surface area contributed by atoms with Crippen molar-refractivity contribution in [1.29, 1.82) is 0 Å². The van der Waals surface area contributed by atoms with E-state index < -0.39 is 0 Å². The maximum Gasteiger partial charge on any atom is 0.0795 e. The summed E-state index contributed by atoms with van der Waals surface area (Å²) >= 11 is 1.58. The van der Waals surface area contributed by atoms with Crippen molar-refractivity contribution in [1.82, 2.24) is 15.2 Å². The van der Waals surface area contributed by atoms with E-state index in [9.17, 15) is 5.11 Å². The van der Waals surface area contributed by atoms with Crippen LogP contribution in [0.15, 0.2) is 10.9 Å². The lowest BCUT2D eigenvalue weighted by molar-refractivity contribution is 0.108. The van der Waals surface area contributed by atoms with E-state index in [-0.39, 0.29) is 12.6 Å². The number of nitrogens with zero attached hydrogens (tertiary/aromatic N) is 2. The Morgan fingerprint density at radius 1 is 1.57 bits per heavy atom. The molecule has 2 heterocycles. The molecule has 1 fully saturated rings. The van der Waals surface area contributed by atoms with E-state index in [0.29, 0.717) is 0 Å². The summed E-state index contributed by atoms with van der Waals surface area (Å²) in [6, 6.07) is 0.0864. The molecule has 1 aliphatic rings. The predicted molar refractivity (Wildman–Crippen MR) is 56.4 cm³/mol. The molecule has 78 valence electrons. The van der Waals surface area contributed by atoms with Crippen LogP contribution < -0.4 is 5.32 Å². The van der Waals surface area contributed by atoms with Crippen LogP contribution in [0.2, 0.25) is 0 Å². The summed E-state index contributed by atoms with van der Waals surface area (Å²) in [6.07, 6.45) is 0. The van der Waals surface area contributed by atoms with Crippen LogP contribution in [0.4, 0.5) is 0 Å². The van der Waals surface area contributed by atoms with Crippen molar-refractivity contribution >= 4 is 11.3 Å². The number of rotatable bonds is 3. The number of aliphatic hydroxyl groups excluding tert-OH is 1. The molecule has 2 rings (SSSR count). The lowest BCUT2D eigenvalue weighted by atomic mass is 10.2. The Labute approximate surface area is 87.6 Å². The van der Waals surface area contributed by atoms with Crippen LogP contribution in [0.25, 0.3) is 0 Å². The van der Waals surface area contributed by atoms with Gasteiger partial charge in [-0.1, -0.05) is 0 Å². The average Bonchev–Trinajstić information content (AvgIpc) is 2.74. The maximum absolute atomic E-state index is 9.35. The highest BCUT2D eigenvalue weighted by Crippen LogP contribution is 2.19. The molecule has 0 aliphatic carbocycles. The smallest absolute Gasteiger partial charge is 0.0795 e. The van der Waals surface area contributed by atoms with Crippen LogP contribution in [0.1, 0.15) is 11.7 Å². The van der Waals surface area contributed by atoms with Crippen molar-refractivity contribution in [2.45, 2.75) is 6.04 Å². The van der Waals surface area contributed by atoms with Crippen molar-refractivity contribution < 1.29 is 5.11 Å². The Bertz CT molecular complexity index is 259. The average molecular weight is 213 g/mol. The van der Waals surface area contributed by atoms with Gasteiger partial charge in [-0.2, -0.15) is 0 Å². The molecule has 2 N–H and O–H groups in total. The summed E-state index contributed by atoms with van der Waals surface area (Å²) in [7, 11) is 0. The molecule has 0 bridgehead atoms. The van der Waals surface area contributed by atoms with Gasteiger partial charge in [0.1, 0.15) is 0 Å². The Balaban J connectivity index is 2.04. The number of nitrogens with one attached hydrogen (secondary N) is 1. The van der Waals surface area contributed by atoms with Gasteiger partial charge in [-0.3, -0.25) is 4.90 Å². The Morgan fingerprint density at radius 3 is 2.93 bits per heavy atom. The van der Waals surface area contributed by atoms with Gasteiger partial charge in [-0.05, 0) is 0 Å². The molecule has 0 aromatic carbocycles. The molecule has 1 aromatic rings. The first kappa shape index (κ1) is 10.0. The number of aromatic nitrogens is 1. The normalized spacial score (nSPS) is 20.9. The Kier molecular flexibility index (Phi) is 3.47. The molecule has 1 atom stereocenters.